The van der Waals surface area contributed by atoms with Gasteiger partial charge in [0.25, 0.3) is 5.56 Å². The van der Waals surface area contributed by atoms with E-state index in [0.29, 0.717) is 22.7 Å². The number of benzene rings is 1. The van der Waals surface area contributed by atoms with Gasteiger partial charge in [0.2, 0.25) is 0 Å². The monoisotopic (exact) mass is 250 g/mol. The van der Waals surface area contributed by atoms with Crippen molar-refractivity contribution in [3.63, 3.8) is 0 Å². The van der Waals surface area contributed by atoms with Crippen LogP contribution in [0.4, 0.5) is 0 Å². The first-order valence-electron chi connectivity index (χ1n) is 5.06. The van der Waals surface area contributed by atoms with Gasteiger partial charge in [-0.3, -0.25) is 14.3 Å². The van der Waals surface area contributed by atoms with Crippen LogP contribution in [0.3, 0.4) is 0 Å². The maximum atomic E-state index is 12.0. The first-order chi connectivity index (χ1) is 8.06. The molecule has 0 aliphatic heterocycles. The second-order valence-electron chi connectivity index (χ2n) is 3.74. The lowest BCUT2D eigenvalue weighted by molar-refractivity contribution is 0.112. The van der Waals surface area contributed by atoms with Crippen molar-refractivity contribution in [2.45, 2.75) is 6.92 Å². The molecule has 0 bridgehead atoms. The van der Waals surface area contributed by atoms with Crippen molar-refractivity contribution in [2.24, 2.45) is 7.05 Å². The molecule has 2 rings (SSSR count). The summed E-state index contributed by atoms with van der Waals surface area (Å²) in [6, 6.07) is 6.93. The zero-order valence-electron chi connectivity index (χ0n) is 9.48. The zero-order chi connectivity index (χ0) is 12.6. The Balaban J connectivity index is 2.77. The van der Waals surface area contributed by atoms with E-state index in [9.17, 15) is 9.59 Å². The maximum Gasteiger partial charge on any atom is 0.282 e. The first-order valence-corrected chi connectivity index (χ1v) is 5.43. The van der Waals surface area contributed by atoms with Crippen LogP contribution in [-0.4, -0.2) is 15.6 Å². The number of halogens is 1. The fourth-order valence-corrected chi connectivity index (χ4v) is 1.95. The second-order valence-corrected chi connectivity index (χ2v) is 4.17. The molecule has 0 amide bonds. The quantitative estimate of drug-likeness (QED) is 0.765. The van der Waals surface area contributed by atoms with E-state index >= 15 is 0 Å². The predicted molar refractivity (Wildman–Crippen MR) is 66.1 cm³/mol. The average molecular weight is 251 g/mol. The minimum absolute atomic E-state index is 0.174. The summed E-state index contributed by atoms with van der Waals surface area (Å²) in [6.07, 6.45) is 0.582. The normalized spacial score (nSPS) is 10.5. The predicted octanol–water partition coefficient (Wildman–Crippen LogP) is 1.95. The van der Waals surface area contributed by atoms with E-state index in [1.54, 1.807) is 42.9 Å². The molecule has 0 aliphatic rings. The third-order valence-electron chi connectivity index (χ3n) is 2.77. The molecule has 0 N–H and O–H groups in total. The molecule has 1 aromatic heterocycles. The van der Waals surface area contributed by atoms with E-state index in [2.05, 4.69) is 0 Å². The molecule has 88 valence electrons. The number of carbonyl (C=O) groups excluding carboxylic acids is 1. The van der Waals surface area contributed by atoms with Crippen LogP contribution in [0, 0.1) is 6.92 Å². The van der Waals surface area contributed by atoms with Crippen LogP contribution >= 0.6 is 11.6 Å². The van der Waals surface area contributed by atoms with E-state index in [0.717, 1.165) is 0 Å². The molecule has 0 saturated carbocycles. The van der Waals surface area contributed by atoms with Crippen LogP contribution in [0.2, 0.25) is 5.02 Å². The van der Waals surface area contributed by atoms with Gasteiger partial charge in [0, 0.05) is 17.8 Å². The van der Waals surface area contributed by atoms with E-state index in [4.69, 9.17) is 11.6 Å². The molecule has 0 saturated heterocycles. The van der Waals surface area contributed by atoms with E-state index < -0.39 is 0 Å². The Labute approximate surface area is 103 Å². The summed E-state index contributed by atoms with van der Waals surface area (Å²) in [5, 5.41) is 0.543. The Kier molecular flexibility index (Phi) is 2.90. The Bertz CT molecular complexity index is 640. The standard InChI is InChI=1S/C12H11ClN2O2/c1-8-11(7-16)12(17)15(14(8)2)10-5-3-4-9(13)6-10/h3-7H,1-2H3. The fourth-order valence-electron chi connectivity index (χ4n) is 1.76. The summed E-state index contributed by atoms with van der Waals surface area (Å²) >= 11 is 5.89. The lowest BCUT2D eigenvalue weighted by atomic mass is 10.3. The molecule has 1 heterocycles. The third-order valence-corrected chi connectivity index (χ3v) is 3.00. The largest absolute Gasteiger partial charge is 0.298 e. The van der Waals surface area contributed by atoms with Crippen molar-refractivity contribution in [1.82, 2.24) is 9.36 Å². The summed E-state index contributed by atoms with van der Waals surface area (Å²) in [6.45, 7) is 1.73. The van der Waals surface area contributed by atoms with Crippen molar-refractivity contribution in [2.75, 3.05) is 0 Å². The summed E-state index contributed by atoms with van der Waals surface area (Å²) in [5.74, 6) is 0. The minimum Gasteiger partial charge on any atom is -0.298 e. The number of hydrogen-bond donors (Lipinski definition) is 0. The zero-order valence-corrected chi connectivity index (χ0v) is 10.2. The molecule has 17 heavy (non-hydrogen) atoms. The van der Waals surface area contributed by atoms with Crippen molar-refractivity contribution < 1.29 is 4.79 Å². The molecule has 0 aliphatic carbocycles. The number of rotatable bonds is 2. The number of nitrogens with zero attached hydrogens (tertiary/aromatic N) is 2. The van der Waals surface area contributed by atoms with Gasteiger partial charge in [-0.2, -0.15) is 0 Å². The van der Waals surface area contributed by atoms with E-state index in [-0.39, 0.29) is 11.1 Å². The van der Waals surface area contributed by atoms with Crippen LogP contribution in [0.5, 0.6) is 0 Å². The van der Waals surface area contributed by atoms with E-state index in [1.165, 1.54) is 4.68 Å². The van der Waals surface area contributed by atoms with Crippen molar-refractivity contribution >= 4 is 17.9 Å². The number of aldehydes is 1. The van der Waals surface area contributed by atoms with Crippen LogP contribution in [0.25, 0.3) is 5.69 Å². The lowest BCUT2D eigenvalue weighted by Crippen LogP contribution is -2.20. The van der Waals surface area contributed by atoms with E-state index in [1.807, 2.05) is 0 Å². The SMILES string of the molecule is Cc1c(C=O)c(=O)n(-c2cccc(Cl)c2)n1C. The lowest BCUT2D eigenvalue weighted by Gasteiger charge is -2.08. The summed E-state index contributed by atoms with van der Waals surface area (Å²) in [4.78, 5) is 22.9. The topological polar surface area (TPSA) is 44.0 Å². The highest BCUT2D eigenvalue weighted by Crippen LogP contribution is 2.14. The molecular weight excluding hydrogens is 240 g/mol. The highest BCUT2D eigenvalue weighted by atomic mass is 35.5. The van der Waals surface area contributed by atoms with Gasteiger partial charge >= 0.3 is 0 Å². The number of aromatic nitrogens is 2. The van der Waals surface area contributed by atoms with Crippen LogP contribution in [-0.2, 0) is 7.05 Å². The summed E-state index contributed by atoms with van der Waals surface area (Å²) < 4.78 is 3.06. The Morgan fingerprint density at radius 3 is 2.59 bits per heavy atom. The Hall–Kier alpha value is -1.81. The molecule has 0 fully saturated rings. The smallest absolute Gasteiger partial charge is 0.282 e. The van der Waals surface area contributed by atoms with Gasteiger partial charge in [-0.25, -0.2) is 4.68 Å². The first kappa shape index (κ1) is 11.7. The molecule has 0 spiro atoms. The van der Waals surface area contributed by atoms with Crippen molar-refractivity contribution in [1.29, 1.82) is 0 Å². The molecule has 0 unspecified atom stereocenters. The van der Waals surface area contributed by atoms with Crippen LogP contribution < -0.4 is 5.56 Å². The highest BCUT2D eigenvalue weighted by molar-refractivity contribution is 6.30. The highest BCUT2D eigenvalue weighted by Gasteiger charge is 2.14. The Morgan fingerprint density at radius 1 is 1.35 bits per heavy atom. The molecule has 0 radical (unpaired) electrons. The summed E-state index contributed by atoms with van der Waals surface area (Å²) in [5.41, 5.74) is 1.11. The summed E-state index contributed by atoms with van der Waals surface area (Å²) in [7, 11) is 1.73. The van der Waals surface area contributed by atoms with Gasteiger partial charge in [0.15, 0.2) is 6.29 Å². The van der Waals surface area contributed by atoms with Gasteiger partial charge in [0.05, 0.1) is 5.69 Å². The van der Waals surface area contributed by atoms with Gasteiger partial charge in [-0.15, -0.1) is 0 Å². The molecule has 5 heteroatoms. The number of hydrogen-bond acceptors (Lipinski definition) is 2. The maximum absolute atomic E-state index is 12.0. The molecule has 2 aromatic rings. The number of carbonyl (C=O) groups is 1. The van der Waals surface area contributed by atoms with Gasteiger partial charge in [-0.05, 0) is 25.1 Å². The third kappa shape index (κ3) is 1.80. The second kappa shape index (κ2) is 4.22. The van der Waals surface area contributed by atoms with Crippen molar-refractivity contribution in [3.8, 4) is 5.69 Å². The molecule has 1 aromatic carbocycles. The van der Waals surface area contributed by atoms with Gasteiger partial charge < -0.3 is 0 Å². The van der Waals surface area contributed by atoms with Crippen LogP contribution in [0.1, 0.15) is 16.1 Å². The minimum atomic E-state index is -0.331. The van der Waals surface area contributed by atoms with Crippen molar-refractivity contribution in [3.05, 3.63) is 50.9 Å². The fraction of sp³-hybridized carbons (Fsp3) is 0.167. The molecule has 0 atom stereocenters. The Morgan fingerprint density at radius 2 is 2.06 bits per heavy atom. The molecule has 4 nitrogen and oxygen atoms in total. The van der Waals surface area contributed by atoms with Crippen LogP contribution in [0.15, 0.2) is 29.1 Å². The molecular formula is C12H11ClN2O2. The van der Waals surface area contributed by atoms with Gasteiger partial charge in [0.1, 0.15) is 5.56 Å². The van der Waals surface area contributed by atoms with Gasteiger partial charge in [-0.1, -0.05) is 17.7 Å². The average Bonchev–Trinajstić information content (AvgIpc) is 2.50.